The smallest absolute Gasteiger partial charge is 0.250 e. The molecule has 0 unspecified atom stereocenters. The third kappa shape index (κ3) is 6.79. The lowest BCUT2D eigenvalue weighted by Gasteiger charge is -2.12. The summed E-state index contributed by atoms with van der Waals surface area (Å²) in [4.78, 5) is 20.6. The highest BCUT2D eigenvalue weighted by atomic mass is 79.9. The Morgan fingerprint density at radius 3 is 2.36 bits per heavy atom. The molecule has 0 saturated heterocycles. The van der Waals surface area contributed by atoms with Crippen molar-refractivity contribution < 1.29 is 14.3 Å². The number of carbonyl (C=O) groups excluding carboxylic acids is 1. The minimum atomic E-state index is -0.240. The van der Waals surface area contributed by atoms with Crippen molar-refractivity contribution in [1.82, 2.24) is 15.4 Å². The number of hydrogen-bond donors (Lipinski definition) is 1. The highest BCUT2D eigenvalue weighted by Crippen LogP contribution is 2.33. The maximum Gasteiger partial charge on any atom is 0.250 e. The zero-order valence-electron chi connectivity index (χ0n) is 16.3. The van der Waals surface area contributed by atoms with Crippen LogP contribution in [0.4, 0.5) is 0 Å². The average molecular weight is 467 g/mol. The van der Waals surface area contributed by atoms with E-state index < -0.39 is 0 Å². The fourth-order valence-corrected chi connectivity index (χ4v) is 3.45. The second-order valence-corrected chi connectivity index (χ2v) is 7.50. The predicted octanol–water partition coefficient (Wildman–Crippen LogP) is 3.90. The Morgan fingerprint density at radius 1 is 1.14 bits per heavy atom. The average Bonchev–Trinajstić information content (AvgIpc) is 2.63. The Kier molecular flexibility index (Phi) is 8.72. The van der Waals surface area contributed by atoms with Crippen LogP contribution in [0.5, 0.6) is 11.5 Å². The molecule has 2 aromatic rings. The Labute approximate surface area is 177 Å². The standard InChI is InChI=1S/C19H23BrN4O3S/c1-5-26-16-8-14(15(20)9-17(16)27-6-2)10-21-24-18(25)11-28-19-22-12(3)7-13(4)23-19/h7-10H,5-6,11H2,1-4H3,(H,24,25)/b21-10-. The van der Waals surface area contributed by atoms with Crippen LogP contribution >= 0.6 is 27.7 Å². The molecule has 0 bridgehead atoms. The third-order valence-corrected chi connectivity index (χ3v) is 4.88. The fraction of sp³-hybridized carbons (Fsp3) is 0.368. The summed E-state index contributed by atoms with van der Waals surface area (Å²) < 4.78 is 12.0. The SMILES string of the molecule is CCOc1cc(Br)c(/C=N\NC(=O)CSc2nc(C)cc(C)n2)cc1OCC. The monoisotopic (exact) mass is 466 g/mol. The quantitative estimate of drug-likeness (QED) is 0.261. The second kappa shape index (κ2) is 11.0. The first-order chi connectivity index (χ1) is 13.4. The van der Waals surface area contributed by atoms with E-state index in [4.69, 9.17) is 9.47 Å². The van der Waals surface area contributed by atoms with E-state index in [1.807, 2.05) is 45.9 Å². The normalized spacial score (nSPS) is 10.9. The number of aryl methyl sites for hydroxylation is 2. The number of rotatable bonds is 9. The number of hydrazone groups is 1. The van der Waals surface area contributed by atoms with Gasteiger partial charge < -0.3 is 9.47 Å². The maximum atomic E-state index is 12.0. The van der Waals surface area contributed by atoms with Crippen LogP contribution in [0.15, 0.2) is 32.9 Å². The molecule has 1 aromatic heterocycles. The van der Waals surface area contributed by atoms with Crippen LogP contribution in [-0.2, 0) is 4.79 Å². The van der Waals surface area contributed by atoms with Gasteiger partial charge in [0.2, 0.25) is 0 Å². The van der Waals surface area contributed by atoms with Crippen LogP contribution in [0.2, 0.25) is 0 Å². The first kappa shape index (κ1) is 22.2. The van der Waals surface area contributed by atoms with E-state index in [-0.39, 0.29) is 11.7 Å². The van der Waals surface area contributed by atoms with Crippen LogP contribution < -0.4 is 14.9 Å². The number of hydrogen-bond acceptors (Lipinski definition) is 7. The molecular formula is C19H23BrN4O3S. The molecule has 0 spiro atoms. The molecular weight excluding hydrogens is 444 g/mol. The summed E-state index contributed by atoms with van der Waals surface area (Å²) >= 11 is 4.75. The number of benzene rings is 1. The molecule has 2 rings (SSSR count). The van der Waals surface area contributed by atoms with Gasteiger partial charge in [0.05, 0.1) is 25.2 Å². The Bertz CT molecular complexity index is 841. The first-order valence-electron chi connectivity index (χ1n) is 8.79. The zero-order chi connectivity index (χ0) is 20.5. The first-order valence-corrected chi connectivity index (χ1v) is 10.6. The predicted molar refractivity (Wildman–Crippen MR) is 114 cm³/mol. The molecule has 0 aliphatic rings. The summed E-state index contributed by atoms with van der Waals surface area (Å²) in [6.07, 6.45) is 1.55. The van der Waals surface area contributed by atoms with E-state index in [0.29, 0.717) is 29.9 Å². The summed E-state index contributed by atoms with van der Waals surface area (Å²) in [5, 5.41) is 4.60. The Hall–Kier alpha value is -2.13. The van der Waals surface area contributed by atoms with Crippen molar-refractivity contribution in [3.05, 3.63) is 39.6 Å². The van der Waals surface area contributed by atoms with E-state index >= 15 is 0 Å². The minimum absolute atomic E-state index is 0.175. The Balaban J connectivity index is 1.97. The molecule has 1 amide bonds. The van der Waals surface area contributed by atoms with Crippen LogP contribution in [0.1, 0.15) is 30.8 Å². The topological polar surface area (TPSA) is 85.7 Å². The van der Waals surface area contributed by atoms with Gasteiger partial charge in [0.25, 0.3) is 5.91 Å². The maximum absolute atomic E-state index is 12.0. The molecule has 9 heteroatoms. The third-order valence-electron chi connectivity index (χ3n) is 3.35. The lowest BCUT2D eigenvalue weighted by molar-refractivity contribution is -0.118. The van der Waals surface area contributed by atoms with Crippen LogP contribution in [0.3, 0.4) is 0 Å². The van der Waals surface area contributed by atoms with E-state index in [0.717, 1.165) is 21.4 Å². The molecule has 150 valence electrons. The number of nitrogens with zero attached hydrogens (tertiary/aromatic N) is 3. The van der Waals surface area contributed by atoms with Crippen molar-refractivity contribution in [2.24, 2.45) is 5.10 Å². The number of carbonyl (C=O) groups is 1. The molecule has 0 aliphatic heterocycles. The van der Waals surface area contributed by atoms with Gasteiger partial charge in [-0.15, -0.1) is 0 Å². The largest absolute Gasteiger partial charge is 0.490 e. The molecule has 0 fully saturated rings. The minimum Gasteiger partial charge on any atom is -0.490 e. The van der Waals surface area contributed by atoms with Gasteiger partial charge in [-0.25, -0.2) is 15.4 Å². The van der Waals surface area contributed by atoms with Crippen LogP contribution in [0.25, 0.3) is 0 Å². The zero-order valence-corrected chi connectivity index (χ0v) is 18.7. The van der Waals surface area contributed by atoms with Gasteiger partial charge in [-0.2, -0.15) is 5.10 Å². The number of aromatic nitrogens is 2. The number of nitrogens with one attached hydrogen (secondary N) is 1. The highest BCUT2D eigenvalue weighted by molar-refractivity contribution is 9.10. The van der Waals surface area contributed by atoms with Gasteiger partial charge >= 0.3 is 0 Å². The second-order valence-electron chi connectivity index (χ2n) is 5.70. The molecule has 0 radical (unpaired) electrons. The van der Waals surface area contributed by atoms with Crippen LogP contribution in [0, 0.1) is 13.8 Å². The van der Waals surface area contributed by atoms with Crippen molar-refractivity contribution in [1.29, 1.82) is 0 Å². The van der Waals surface area contributed by atoms with Gasteiger partial charge in [-0.05, 0) is 61.8 Å². The summed E-state index contributed by atoms with van der Waals surface area (Å²) in [5.74, 6) is 1.22. The summed E-state index contributed by atoms with van der Waals surface area (Å²) in [5.41, 5.74) is 5.02. The highest BCUT2D eigenvalue weighted by Gasteiger charge is 2.10. The van der Waals surface area contributed by atoms with E-state index in [1.165, 1.54) is 11.8 Å². The van der Waals surface area contributed by atoms with E-state index in [9.17, 15) is 4.79 Å². The van der Waals surface area contributed by atoms with Crippen molar-refractivity contribution >= 4 is 39.8 Å². The lowest BCUT2D eigenvalue weighted by atomic mass is 10.2. The van der Waals surface area contributed by atoms with Gasteiger partial charge in [0.1, 0.15) is 0 Å². The number of amides is 1. The van der Waals surface area contributed by atoms with Crippen molar-refractivity contribution in [3.63, 3.8) is 0 Å². The van der Waals surface area contributed by atoms with Crippen LogP contribution in [-0.4, -0.2) is 41.1 Å². The van der Waals surface area contributed by atoms with E-state index in [2.05, 4.69) is 36.4 Å². The molecule has 28 heavy (non-hydrogen) atoms. The van der Waals surface area contributed by atoms with Gasteiger partial charge in [0, 0.05) is 21.4 Å². The lowest BCUT2D eigenvalue weighted by Crippen LogP contribution is -2.20. The summed E-state index contributed by atoms with van der Waals surface area (Å²) in [6.45, 7) is 8.67. The molecule has 1 aromatic carbocycles. The Morgan fingerprint density at radius 2 is 1.75 bits per heavy atom. The summed E-state index contributed by atoms with van der Waals surface area (Å²) in [7, 11) is 0. The fourth-order valence-electron chi connectivity index (χ4n) is 2.28. The molecule has 0 atom stereocenters. The van der Waals surface area contributed by atoms with Gasteiger partial charge in [0.15, 0.2) is 16.7 Å². The van der Waals surface area contributed by atoms with Gasteiger partial charge in [-0.1, -0.05) is 11.8 Å². The molecule has 7 nitrogen and oxygen atoms in total. The molecule has 0 aliphatic carbocycles. The van der Waals surface area contributed by atoms with Crippen molar-refractivity contribution in [2.45, 2.75) is 32.9 Å². The molecule has 1 heterocycles. The molecule has 0 saturated carbocycles. The van der Waals surface area contributed by atoms with Crippen molar-refractivity contribution in [3.8, 4) is 11.5 Å². The summed E-state index contributed by atoms with van der Waals surface area (Å²) in [6, 6.07) is 5.52. The van der Waals surface area contributed by atoms with Crippen molar-refractivity contribution in [2.75, 3.05) is 19.0 Å². The van der Waals surface area contributed by atoms with E-state index in [1.54, 1.807) is 6.21 Å². The number of halogens is 1. The number of ether oxygens (including phenoxy) is 2. The van der Waals surface area contributed by atoms with Gasteiger partial charge in [-0.3, -0.25) is 4.79 Å². The molecule has 1 N–H and O–H groups in total. The number of thioether (sulfide) groups is 1.